The Bertz CT molecular complexity index is 1050. The summed E-state index contributed by atoms with van der Waals surface area (Å²) in [5.74, 6) is 0. The highest BCUT2D eigenvalue weighted by Gasteiger charge is 2.50. The van der Waals surface area contributed by atoms with Crippen LogP contribution in [0, 0.1) is 22.7 Å². The van der Waals surface area contributed by atoms with E-state index in [0.717, 1.165) is 0 Å². The Morgan fingerprint density at radius 3 is 1.97 bits per heavy atom. The molecule has 1 aromatic heterocycles. The van der Waals surface area contributed by atoms with Gasteiger partial charge in [0.05, 0.1) is 33.1 Å². The smallest absolute Gasteiger partial charge is 0.578 e. The minimum atomic E-state index is -5.28. The van der Waals surface area contributed by atoms with Crippen LogP contribution in [0.2, 0.25) is 15.2 Å². The molecule has 0 spiro atoms. The predicted octanol–water partition coefficient (Wildman–Crippen LogP) is 6.41. The van der Waals surface area contributed by atoms with Gasteiger partial charge in [0.2, 0.25) is 4.90 Å². The van der Waals surface area contributed by atoms with Gasteiger partial charge in [0.25, 0.3) is 0 Å². The third kappa shape index (κ3) is 4.61. The first-order chi connectivity index (χ1) is 13.8. The van der Waals surface area contributed by atoms with Crippen molar-refractivity contribution in [2.45, 2.75) is 29.4 Å². The van der Waals surface area contributed by atoms with Crippen molar-refractivity contribution in [1.29, 1.82) is 10.5 Å². The van der Waals surface area contributed by atoms with E-state index >= 15 is 0 Å². The molecule has 1 heterocycles. The van der Waals surface area contributed by atoms with Crippen molar-refractivity contribution < 1.29 is 30.9 Å². The first-order valence-corrected chi connectivity index (χ1v) is 9.79. The van der Waals surface area contributed by atoms with E-state index in [0.29, 0.717) is 16.7 Å². The van der Waals surface area contributed by atoms with E-state index in [2.05, 4.69) is 0 Å². The molecule has 0 saturated heterocycles. The van der Waals surface area contributed by atoms with Gasteiger partial charge >= 0.3 is 11.7 Å². The summed E-state index contributed by atoms with van der Waals surface area (Å²) in [6.45, 7) is 0. The number of benzene rings is 1. The van der Waals surface area contributed by atoms with Crippen LogP contribution in [-0.4, -0.2) is 14.6 Å². The van der Waals surface area contributed by atoms with Crippen LogP contribution in [-0.2, 0) is 23.8 Å². The summed E-state index contributed by atoms with van der Waals surface area (Å²) < 4.78 is 91.1. The zero-order valence-electron chi connectivity index (χ0n) is 14.1. The number of rotatable bonds is 4. The fourth-order valence-corrected chi connectivity index (χ4v) is 4.56. The average Bonchev–Trinajstić information content (AvgIpc) is 2.88. The number of alkyl halides is 6. The standard InChI is InChI=1S/C16H6Cl3F6N3OS/c17-9-4-7(15(20,21)22)5-10(18)12(9)28-11(2-1-3-26)13(8(6-27)14(28)19)30(29)16(23,24)25/h4-5H,1-2H2. The van der Waals surface area contributed by atoms with Gasteiger partial charge in [-0.1, -0.05) is 34.8 Å². The van der Waals surface area contributed by atoms with Gasteiger partial charge in [-0.3, -0.25) is 4.57 Å². The minimum absolute atomic E-state index is 0.386. The lowest BCUT2D eigenvalue weighted by Crippen LogP contribution is -2.25. The van der Waals surface area contributed by atoms with Gasteiger partial charge < -0.3 is 4.55 Å². The van der Waals surface area contributed by atoms with E-state index in [1.54, 1.807) is 6.07 Å². The molecule has 0 aliphatic rings. The van der Waals surface area contributed by atoms with Crippen LogP contribution in [0.1, 0.15) is 23.2 Å². The number of aromatic nitrogens is 1. The zero-order chi connectivity index (χ0) is 23.0. The van der Waals surface area contributed by atoms with E-state index in [1.807, 2.05) is 0 Å². The second kappa shape index (κ2) is 8.77. The maximum atomic E-state index is 13.1. The summed E-state index contributed by atoms with van der Waals surface area (Å²) in [4.78, 5) is -1.02. The third-order valence-electron chi connectivity index (χ3n) is 3.71. The Morgan fingerprint density at radius 2 is 1.57 bits per heavy atom. The van der Waals surface area contributed by atoms with Crippen molar-refractivity contribution >= 4 is 46.0 Å². The lowest BCUT2D eigenvalue weighted by atomic mass is 10.2. The van der Waals surface area contributed by atoms with E-state index in [1.165, 1.54) is 6.07 Å². The maximum absolute atomic E-state index is 13.1. The highest BCUT2D eigenvalue weighted by Crippen LogP contribution is 2.44. The molecule has 0 aliphatic carbocycles. The van der Waals surface area contributed by atoms with E-state index < -0.39 is 71.9 Å². The molecule has 0 bridgehead atoms. The summed E-state index contributed by atoms with van der Waals surface area (Å²) in [7, 11) is 0. The Balaban J connectivity index is 2.93. The third-order valence-corrected chi connectivity index (χ3v) is 5.88. The number of nitriles is 2. The van der Waals surface area contributed by atoms with Crippen LogP contribution in [0.15, 0.2) is 17.0 Å². The second-order valence-corrected chi connectivity index (χ2v) is 8.13. The largest absolute Gasteiger partial charge is 0.604 e. The first kappa shape index (κ1) is 24.5. The molecular formula is C16H6Cl3F6N3OS. The van der Waals surface area contributed by atoms with E-state index in [9.17, 15) is 36.2 Å². The molecule has 0 fully saturated rings. The highest BCUT2D eigenvalue weighted by atomic mass is 35.5. The van der Waals surface area contributed by atoms with Crippen molar-refractivity contribution in [3.63, 3.8) is 0 Å². The zero-order valence-corrected chi connectivity index (χ0v) is 17.2. The van der Waals surface area contributed by atoms with Crippen molar-refractivity contribution in [2.24, 2.45) is 0 Å². The van der Waals surface area contributed by atoms with Crippen molar-refractivity contribution in [3.05, 3.63) is 44.2 Å². The van der Waals surface area contributed by atoms with E-state index in [-0.39, 0.29) is 6.42 Å². The van der Waals surface area contributed by atoms with Gasteiger partial charge in [-0.05, 0) is 12.1 Å². The van der Waals surface area contributed by atoms with E-state index in [4.69, 9.17) is 40.1 Å². The van der Waals surface area contributed by atoms with Crippen molar-refractivity contribution in [1.82, 2.24) is 4.57 Å². The number of nitrogens with zero attached hydrogens (tertiary/aromatic N) is 3. The Kier molecular flexibility index (Phi) is 7.17. The molecule has 2 aromatic rings. The average molecular weight is 509 g/mol. The van der Waals surface area contributed by atoms with Crippen LogP contribution >= 0.6 is 34.8 Å². The quantitative estimate of drug-likeness (QED) is 0.354. The van der Waals surface area contributed by atoms with Crippen LogP contribution < -0.4 is 0 Å². The molecule has 160 valence electrons. The van der Waals surface area contributed by atoms with Gasteiger partial charge in [0.1, 0.15) is 28.0 Å². The number of hydrogen-bond acceptors (Lipinski definition) is 3. The summed E-state index contributed by atoms with van der Waals surface area (Å²) in [5, 5.41) is 16.1. The summed E-state index contributed by atoms with van der Waals surface area (Å²) in [5.41, 5.74) is -8.28. The van der Waals surface area contributed by atoms with Crippen LogP contribution in [0.3, 0.4) is 0 Å². The molecular weight excluding hydrogens is 503 g/mol. The Morgan fingerprint density at radius 1 is 1.03 bits per heavy atom. The summed E-state index contributed by atoms with van der Waals surface area (Å²) >= 11 is 14.1. The fourth-order valence-electron chi connectivity index (χ4n) is 2.56. The maximum Gasteiger partial charge on any atom is 0.578 e. The van der Waals surface area contributed by atoms with Gasteiger partial charge in [-0.2, -0.15) is 23.7 Å². The second-order valence-electron chi connectivity index (χ2n) is 5.55. The van der Waals surface area contributed by atoms with Crippen molar-refractivity contribution in [2.75, 3.05) is 0 Å². The molecule has 0 N–H and O–H groups in total. The molecule has 0 radical (unpaired) electrons. The monoisotopic (exact) mass is 507 g/mol. The number of halogens is 9. The molecule has 0 saturated carbocycles. The van der Waals surface area contributed by atoms with Gasteiger partial charge in [-0.15, -0.1) is 13.2 Å². The molecule has 4 nitrogen and oxygen atoms in total. The summed E-state index contributed by atoms with van der Waals surface area (Å²) in [6, 6.07) is 4.02. The molecule has 1 aromatic carbocycles. The highest BCUT2D eigenvalue weighted by molar-refractivity contribution is 7.92. The van der Waals surface area contributed by atoms with Crippen molar-refractivity contribution in [3.8, 4) is 17.8 Å². The Labute approximate surface area is 183 Å². The van der Waals surface area contributed by atoms with Crippen LogP contribution in [0.25, 0.3) is 5.69 Å². The summed E-state index contributed by atoms with van der Waals surface area (Å²) in [6.07, 6.45) is -5.68. The van der Waals surface area contributed by atoms with Gasteiger partial charge in [-0.25, -0.2) is 0 Å². The number of hydrogen-bond donors (Lipinski definition) is 0. The van der Waals surface area contributed by atoms with Gasteiger partial charge in [0.15, 0.2) is 0 Å². The topological polar surface area (TPSA) is 75.6 Å². The molecule has 0 aliphatic heterocycles. The molecule has 14 heteroatoms. The lowest BCUT2D eigenvalue weighted by molar-refractivity contribution is -0.137. The SMILES string of the molecule is N#CCCc1c([S+]([O-])C(F)(F)F)c(C#N)c(Cl)n1-c1c(Cl)cc(C(F)(F)F)cc1Cl. The van der Waals surface area contributed by atoms with Crippen LogP contribution in [0.4, 0.5) is 26.3 Å². The Hall–Kier alpha value is -1.76. The molecule has 1 unspecified atom stereocenters. The lowest BCUT2D eigenvalue weighted by Gasteiger charge is -2.17. The molecule has 1 atom stereocenters. The molecule has 0 amide bonds. The normalized spacial score (nSPS) is 13.1. The predicted molar refractivity (Wildman–Crippen MR) is 96.9 cm³/mol. The first-order valence-electron chi connectivity index (χ1n) is 7.51. The minimum Gasteiger partial charge on any atom is -0.604 e. The molecule has 2 rings (SSSR count). The molecule has 30 heavy (non-hydrogen) atoms. The van der Waals surface area contributed by atoms with Gasteiger partial charge in [0, 0.05) is 12.8 Å². The fraction of sp³-hybridized carbons (Fsp3) is 0.250. The van der Waals surface area contributed by atoms with Crippen LogP contribution in [0.5, 0.6) is 0 Å².